The van der Waals surface area contributed by atoms with E-state index in [9.17, 15) is 13.0 Å². The van der Waals surface area contributed by atoms with Crippen LogP contribution in [0.5, 0.6) is 0 Å². The summed E-state index contributed by atoms with van der Waals surface area (Å²) in [6, 6.07) is 12.5. The van der Waals surface area contributed by atoms with Crippen LogP contribution in [0.1, 0.15) is 11.1 Å². The Morgan fingerprint density at radius 3 is 2.50 bits per heavy atom. The van der Waals surface area contributed by atoms with Crippen LogP contribution in [0.3, 0.4) is 0 Å². The van der Waals surface area contributed by atoms with Crippen molar-refractivity contribution in [3.63, 3.8) is 0 Å². The molecule has 92 valence electrons. The van der Waals surface area contributed by atoms with Crippen LogP contribution < -0.4 is 5.32 Å². The summed E-state index contributed by atoms with van der Waals surface area (Å²) in [5.74, 6) is 0. The van der Waals surface area contributed by atoms with Crippen LogP contribution in [0.4, 0.5) is 11.4 Å². The van der Waals surface area contributed by atoms with Crippen molar-refractivity contribution in [1.82, 2.24) is 0 Å². The topological polar surface area (TPSA) is 66.4 Å². The van der Waals surface area contributed by atoms with E-state index in [-0.39, 0.29) is 4.90 Å². The predicted octanol–water partition coefficient (Wildman–Crippen LogP) is 2.58. The molecule has 0 atom stereocenters. The minimum Gasteiger partial charge on any atom is -0.355 e. The molecule has 0 aromatic heterocycles. The number of rotatable bonds is 1. The minimum atomic E-state index is -4.19. The molecule has 5 heteroatoms. The second-order valence-corrected chi connectivity index (χ2v) is 5.61. The molecule has 0 unspecified atom stereocenters. The van der Waals surface area contributed by atoms with Gasteiger partial charge < -0.3 is 5.32 Å². The van der Waals surface area contributed by atoms with E-state index in [4.69, 9.17) is 0 Å². The SMILES string of the molecule is O=S(=O)(O)c1cccc2c1Cc1ccccc1N2. The lowest BCUT2D eigenvalue weighted by atomic mass is 9.97. The molecular formula is C13H11NO3S. The fraction of sp³-hybridized carbons (Fsp3) is 0.0769. The highest BCUT2D eigenvalue weighted by molar-refractivity contribution is 7.85. The lowest BCUT2D eigenvalue weighted by Gasteiger charge is -2.22. The van der Waals surface area contributed by atoms with Crippen LogP contribution in [0, 0.1) is 0 Å². The summed E-state index contributed by atoms with van der Waals surface area (Å²) in [6.45, 7) is 0. The molecule has 0 amide bonds. The van der Waals surface area contributed by atoms with E-state index in [1.165, 1.54) is 6.07 Å². The van der Waals surface area contributed by atoms with Gasteiger partial charge in [-0.3, -0.25) is 4.55 Å². The summed E-state index contributed by atoms with van der Waals surface area (Å²) >= 11 is 0. The van der Waals surface area contributed by atoms with Crippen molar-refractivity contribution in [2.24, 2.45) is 0 Å². The Bertz CT molecular complexity index is 723. The zero-order valence-corrected chi connectivity index (χ0v) is 10.2. The Morgan fingerprint density at radius 2 is 1.72 bits per heavy atom. The van der Waals surface area contributed by atoms with E-state index in [1.807, 2.05) is 24.3 Å². The zero-order chi connectivity index (χ0) is 12.8. The molecule has 0 fully saturated rings. The largest absolute Gasteiger partial charge is 0.355 e. The van der Waals surface area contributed by atoms with Crippen molar-refractivity contribution >= 4 is 21.5 Å². The molecule has 0 saturated carbocycles. The minimum absolute atomic E-state index is 0.0259. The standard InChI is InChI=1S/C13H11NO3S/c15-18(16,17)13-7-3-6-12-10(13)8-9-4-1-2-5-11(9)14-12/h1-7,14H,8H2,(H,15,16,17). The monoisotopic (exact) mass is 261 g/mol. The van der Waals surface area contributed by atoms with Gasteiger partial charge in [0.25, 0.3) is 10.1 Å². The summed E-state index contributed by atoms with van der Waals surface area (Å²) in [6.07, 6.45) is 0.495. The van der Waals surface area contributed by atoms with Gasteiger partial charge in [-0.1, -0.05) is 24.3 Å². The van der Waals surface area contributed by atoms with Gasteiger partial charge in [0.15, 0.2) is 0 Å². The predicted molar refractivity (Wildman–Crippen MR) is 68.8 cm³/mol. The lowest BCUT2D eigenvalue weighted by molar-refractivity contribution is 0.482. The summed E-state index contributed by atoms with van der Waals surface area (Å²) in [5, 5.41) is 3.18. The Morgan fingerprint density at radius 1 is 1.00 bits per heavy atom. The average molecular weight is 261 g/mol. The van der Waals surface area contributed by atoms with Crippen molar-refractivity contribution in [2.45, 2.75) is 11.3 Å². The van der Waals surface area contributed by atoms with Crippen LogP contribution in [0.15, 0.2) is 47.4 Å². The van der Waals surface area contributed by atoms with Crippen LogP contribution in [0.2, 0.25) is 0 Å². The second-order valence-electron chi connectivity index (χ2n) is 4.22. The van der Waals surface area contributed by atoms with Crippen molar-refractivity contribution in [3.8, 4) is 0 Å². The smallest absolute Gasteiger partial charge is 0.294 e. The van der Waals surface area contributed by atoms with Gasteiger partial charge in [0.1, 0.15) is 0 Å². The fourth-order valence-corrected chi connectivity index (χ4v) is 2.98. The van der Waals surface area contributed by atoms with Gasteiger partial charge >= 0.3 is 0 Å². The number of anilines is 2. The van der Waals surface area contributed by atoms with Crippen molar-refractivity contribution in [2.75, 3.05) is 5.32 Å². The Labute approximate surface area is 105 Å². The van der Waals surface area contributed by atoms with E-state index >= 15 is 0 Å². The van der Waals surface area contributed by atoms with Gasteiger partial charge in [-0.2, -0.15) is 8.42 Å². The molecule has 0 spiro atoms. The number of hydrogen-bond acceptors (Lipinski definition) is 3. The van der Waals surface area contributed by atoms with Gasteiger partial charge in [-0.25, -0.2) is 0 Å². The highest BCUT2D eigenvalue weighted by atomic mass is 32.2. The van der Waals surface area contributed by atoms with Crippen molar-refractivity contribution in [1.29, 1.82) is 0 Å². The maximum absolute atomic E-state index is 11.3. The number of para-hydroxylation sites is 1. The molecule has 0 saturated heterocycles. The summed E-state index contributed by atoms with van der Waals surface area (Å²) in [5.41, 5.74) is 3.32. The molecular weight excluding hydrogens is 250 g/mol. The van der Waals surface area contributed by atoms with E-state index < -0.39 is 10.1 Å². The van der Waals surface area contributed by atoms with Crippen molar-refractivity contribution in [3.05, 3.63) is 53.6 Å². The third-order valence-electron chi connectivity index (χ3n) is 3.06. The molecule has 2 aromatic carbocycles. The van der Waals surface area contributed by atoms with Gasteiger partial charge in [-0.15, -0.1) is 0 Å². The van der Waals surface area contributed by atoms with Crippen LogP contribution >= 0.6 is 0 Å². The average Bonchev–Trinajstić information content (AvgIpc) is 2.34. The first-order valence-electron chi connectivity index (χ1n) is 5.50. The molecule has 1 aliphatic rings. The molecule has 0 bridgehead atoms. The van der Waals surface area contributed by atoms with Gasteiger partial charge in [0, 0.05) is 23.4 Å². The van der Waals surface area contributed by atoms with E-state index in [2.05, 4.69) is 5.32 Å². The molecule has 18 heavy (non-hydrogen) atoms. The molecule has 0 radical (unpaired) electrons. The van der Waals surface area contributed by atoms with Gasteiger partial charge in [0.05, 0.1) is 4.90 Å². The van der Waals surface area contributed by atoms with E-state index in [1.54, 1.807) is 12.1 Å². The first kappa shape index (κ1) is 11.3. The van der Waals surface area contributed by atoms with Gasteiger partial charge in [-0.05, 0) is 23.8 Å². The lowest BCUT2D eigenvalue weighted by Crippen LogP contribution is -2.11. The normalized spacial score (nSPS) is 13.4. The second kappa shape index (κ2) is 3.83. The number of benzene rings is 2. The summed E-state index contributed by atoms with van der Waals surface area (Å²) in [7, 11) is -4.19. The molecule has 4 nitrogen and oxygen atoms in total. The number of fused-ring (bicyclic) bond motifs is 2. The highest BCUT2D eigenvalue weighted by Gasteiger charge is 2.22. The first-order valence-corrected chi connectivity index (χ1v) is 6.94. The molecule has 0 aliphatic carbocycles. The maximum Gasteiger partial charge on any atom is 0.294 e. The zero-order valence-electron chi connectivity index (χ0n) is 9.42. The third kappa shape index (κ3) is 1.77. The van der Waals surface area contributed by atoms with E-state index in [0.717, 1.165) is 16.9 Å². The molecule has 2 N–H and O–H groups in total. The Kier molecular flexibility index (Phi) is 2.39. The Balaban J connectivity index is 2.20. The summed E-state index contributed by atoms with van der Waals surface area (Å²) in [4.78, 5) is -0.0259. The molecule has 1 aliphatic heterocycles. The van der Waals surface area contributed by atoms with Crippen molar-refractivity contribution < 1.29 is 13.0 Å². The molecule has 1 heterocycles. The van der Waals surface area contributed by atoms with E-state index in [0.29, 0.717) is 12.0 Å². The number of nitrogens with one attached hydrogen (secondary N) is 1. The first-order chi connectivity index (χ1) is 8.55. The Hall–Kier alpha value is -1.85. The quantitative estimate of drug-likeness (QED) is 0.661. The van der Waals surface area contributed by atoms with Crippen LogP contribution in [-0.2, 0) is 16.5 Å². The van der Waals surface area contributed by atoms with Crippen LogP contribution in [0.25, 0.3) is 0 Å². The van der Waals surface area contributed by atoms with Crippen LogP contribution in [-0.4, -0.2) is 13.0 Å². The van der Waals surface area contributed by atoms with Gasteiger partial charge in [0.2, 0.25) is 0 Å². The fourth-order valence-electron chi connectivity index (χ4n) is 2.24. The molecule has 2 aromatic rings. The summed E-state index contributed by atoms with van der Waals surface area (Å²) < 4.78 is 31.9. The number of hydrogen-bond donors (Lipinski definition) is 2. The third-order valence-corrected chi connectivity index (χ3v) is 4.00. The molecule has 3 rings (SSSR count). The maximum atomic E-state index is 11.3. The highest BCUT2D eigenvalue weighted by Crippen LogP contribution is 2.35.